The minimum Gasteiger partial charge on any atom is -0.342 e. The standard InChI is InChI=1S/C13H21N3/c1-11(2)5-4-6-15-9-12-7-13(8-14)16(3)10-12/h7,10-11,15H,4-6,9H2,1-3H3. The van der Waals surface area contributed by atoms with E-state index in [2.05, 4.69) is 25.2 Å². The number of aromatic nitrogens is 1. The maximum atomic E-state index is 8.81. The lowest BCUT2D eigenvalue weighted by Crippen LogP contribution is -2.14. The predicted molar refractivity (Wildman–Crippen MR) is 65.9 cm³/mol. The second kappa shape index (κ2) is 6.34. The molecule has 0 saturated carbocycles. The molecule has 1 aromatic rings. The van der Waals surface area contributed by atoms with E-state index in [1.807, 2.05) is 23.9 Å². The molecule has 3 heteroatoms. The quantitative estimate of drug-likeness (QED) is 0.746. The Morgan fingerprint density at radius 3 is 2.81 bits per heavy atom. The third-order valence-corrected chi connectivity index (χ3v) is 2.64. The Labute approximate surface area is 98.1 Å². The van der Waals surface area contributed by atoms with Crippen LogP contribution >= 0.6 is 0 Å². The molecule has 0 bridgehead atoms. The molecule has 0 radical (unpaired) electrons. The molecule has 0 atom stereocenters. The van der Waals surface area contributed by atoms with Crippen molar-refractivity contribution in [2.24, 2.45) is 13.0 Å². The van der Waals surface area contributed by atoms with Crippen LogP contribution in [-0.4, -0.2) is 11.1 Å². The summed E-state index contributed by atoms with van der Waals surface area (Å²) in [5.74, 6) is 0.781. The maximum absolute atomic E-state index is 8.81. The van der Waals surface area contributed by atoms with Gasteiger partial charge in [0.25, 0.3) is 0 Å². The molecule has 1 aromatic heterocycles. The molecular formula is C13H21N3. The molecule has 0 aliphatic rings. The summed E-state index contributed by atoms with van der Waals surface area (Å²) in [7, 11) is 1.90. The topological polar surface area (TPSA) is 40.8 Å². The molecule has 0 aliphatic heterocycles. The fraction of sp³-hybridized carbons (Fsp3) is 0.615. The Morgan fingerprint density at radius 1 is 1.50 bits per heavy atom. The van der Waals surface area contributed by atoms with Crippen LogP contribution in [0.4, 0.5) is 0 Å². The van der Waals surface area contributed by atoms with Crippen molar-refractivity contribution < 1.29 is 0 Å². The Bertz CT molecular complexity index is 358. The molecule has 0 saturated heterocycles. The van der Waals surface area contributed by atoms with Crippen LogP contribution in [-0.2, 0) is 13.6 Å². The van der Waals surface area contributed by atoms with Crippen LogP contribution in [0.15, 0.2) is 12.3 Å². The largest absolute Gasteiger partial charge is 0.342 e. The van der Waals surface area contributed by atoms with Crippen molar-refractivity contribution in [2.45, 2.75) is 33.2 Å². The number of nitriles is 1. The van der Waals surface area contributed by atoms with E-state index in [-0.39, 0.29) is 0 Å². The normalized spacial score (nSPS) is 10.7. The molecule has 1 rings (SSSR count). The van der Waals surface area contributed by atoms with Crippen molar-refractivity contribution in [3.63, 3.8) is 0 Å². The van der Waals surface area contributed by atoms with Gasteiger partial charge >= 0.3 is 0 Å². The van der Waals surface area contributed by atoms with E-state index >= 15 is 0 Å². The second-order valence-electron chi connectivity index (χ2n) is 4.67. The first-order valence-corrected chi connectivity index (χ1v) is 5.89. The molecule has 0 unspecified atom stereocenters. The molecule has 0 aromatic carbocycles. The highest BCUT2D eigenvalue weighted by Crippen LogP contribution is 2.06. The lowest BCUT2D eigenvalue weighted by Gasteiger charge is -2.05. The SMILES string of the molecule is CC(C)CCCNCc1cc(C#N)n(C)c1. The zero-order chi connectivity index (χ0) is 12.0. The summed E-state index contributed by atoms with van der Waals surface area (Å²) >= 11 is 0. The van der Waals surface area contributed by atoms with E-state index in [1.54, 1.807) is 0 Å². The van der Waals surface area contributed by atoms with Gasteiger partial charge < -0.3 is 9.88 Å². The molecule has 0 amide bonds. The zero-order valence-electron chi connectivity index (χ0n) is 10.5. The third-order valence-electron chi connectivity index (χ3n) is 2.64. The van der Waals surface area contributed by atoms with Gasteiger partial charge in [-0.1, -0.05) is 13.8 Å². The first-order valence-electron chi connectivity index (χ1n) is 5.89. The molecule has 88 valence electrons. The van der Waals surface area contributed by atoms with Crippen LogP contribution in [0.5, 0.6) is 0 Å². The van der Waals surface area contributed by atoms with E-state index in [0.717, 1.165) is 24.7 Å². The first kappa shape index (κ1) is 12.8. The van der Waals surface area contributed by atoms with Gasteiger partial charge in [-0.15, -0.1) is 0 Å². The molecule has 0 fully saturated rings. The zero-order valence-corrected chi connectivity index (χ0v) is 10.5. The van der Waals surface area contributed by atoms with Gasteiger partial charge in [-0.05, 0) is 36.9 Å². The Balaban J connectivity index is 2.25. The van der Waals surface area contributed by atoms with Crippen molar-refractivity contribution in [2.75, 3.05) is 6.54 Å². The Kier molecular flexibility index (Phi) is 5.07. The molecule has 16 heavy (non-hydrogen) atoms. The average molecular weight is 219 g/mol. The lowest BCUT2D eigenvalue weighted by atomic mass is 10.1. The van der Waals surface area contributed by atoms with Crippen molar-refractivity contribution in [3.8, 4) is 6.07 Å². The van der Waals surface area contributed by atoms with Crippen LogP contribution in [0.25, 0.3) is 0 Å². The number of hydrogen-bond donors (Lipinski definition) is 1. The van der Waals surface area contributed by atoms with Crippen LogP contribution in [0.2, 0.25) is 0 Å². The highest BCUT2D eigenvalue weighted by atomic mass is 14.9. The van der Waals surface area contributed by atoms with Crippen molar-refractivity contribution >= 4 is 0 Å². The summed E-state index contributed by atoms with van der Waals surface area (Å²) in [6.07, 6.45) is 4.49. The number of nitrogens with one attached hydrogen (secondary N) is 1. The number of hydrogen-bond acceptors (Lipinski definition) is 2. The van der Waals surface area contributed by atoms with Gasteiger partial charge in [0.15, 0.2) is 0 Å². The van der Waals surface area contributed by atoms with Gasteiger partial charge in [-0.25, -0.2) is 0 Å². The smallest absolute Gasteiger partial charge is 0.120 e. The minimum absolute atomic E-state index is 0.721. The van der Waals surface area contributed by atoms with Crippen molar-refractivity contribution in [1.82, 2.24) is 9.88 Å². The van der Waals surface area contributed by atoms with Gasteiger partial charge in [-0.2, -0.15) is 5.26 Å². The van der Waals surface area contributed by atoms with Crippen LogP contribution in [0.1, 0.15) is 37.9 Å². The summed E-state index contributed by atoms with van der Waals surface area (Å²) in [6.45, 7) is 6.40. The average Bonchev–Trinajstić information content (AvgIpc) is 2.58. The van der Waals surface area contributed by atoms with E-state index in [9.17, 15) is 0 Å². The van der Waals surface area contributed by atoms with Crippen molar-refractivity contribution in [1.29, 1.82) is 5.26 Å². The van der Waals surface area contributed by atoms with Gasteiger partial charge in [0.1, 0.15) is 11.8 Å². The van der Waals surface area contributed by atoms with E-state index < -0.39 is 0 Å². The first-order chi connectivity index (χ1) is 7.63. The molecular weight excluding hydrogens is 198 g/mol. The summed E-state index contributed by atoms with van der Waals surface area (Å²) in [5, 5.41) is 12.2. The minimum atomic E-state index is 0.721. The Hall–Kier alpha value is -1.27. The van der Waals surface area contributed by atoms with Gasteiger partial charge in [-0.3, -0.25) is 0 Å². The van der Waals surface area contributed by atoms with E-state index in [1.165, 1.54) is 18.4 Å². The maximum Gasteiger partial charge on any atom is 0.120 e. The van der Waals surface area contributed by atoms with Gasteiger partial charge in [0, 0.05) is 19.8 Å². The Morgan fingerprint density at radius 2 is 2.25 bits per heavy atom. The lowest BCUT2D eigenvalue weighted by molar-refractivity contribution is 0.527. The molecule has 0 spiro atoms. The fourth-order valence-electron chi connectivity index (χ4n) is 1.71. The molecule has 1 heterocycles. The highest BCUT2D eigenvalue weighted by molar-refractivity contribution is 5.28. The summed E-state index contributed by atoms with van der Waals surface area (Å²) in [5.41, 5.74) is 1.91. The summed E-state index contributed by atoms with van der Waals surface area (Å²) in [4.78, 5) is 0. The second-order valence-corrected chi connectivity index (χ2v) is 4.67. The fourth-order valence-corrected chi connectivity index (χ4v) is 1.71. The van der Waals surface area contributed by atoms with Gasteiger partial charge in [0.05, 0.1) is 0 Å². The number of nitrogens with zero attached hydrogens (tertiary/aromatic N) is 2. The van der Waals surface area contributed by atoms with E-state index in [0.29, 0.717) is 0 Å². The molecule has 0 aliphatic carbocycles. The number of rotatable bonds is 6. The summed E-state index contributed by atoms with van der Waals surface area (Å²) in [6, 6.07) is 4.11. The molecule has 1 N–H and O–H groups in total. The van der Waals surface area contributed by atoms with Crippen LogP contribution in [0, 0.1) is 17.2 Å². The highest BCUT2D eigenvalue weighted by Gasteiger charge is 2.01. The van der Waals surface area contributed by atoms with Crippen LogP contribution in [0.3, 0.4) is 0 Å². The summed E-state index contributed by atoms with van der Waals surface area (Å²) < 4.78 is 1.87. The van der Waals surface area contributed by atoms with Crippen LogP contribution < -0.4 is 5.32 Å². The predicted octanol–water partition coefficient (Wildman–Crippen LogP) is 2.42. The monoisotopic (exact) mass is 219 g/mol. The third kappa shape index (κ3) is 4.08. The van der Waals surface area contributed by atoms with E-state index in [4.69, 9.17) is 5.26 Å². The van der Waals surface area contributed by atoms with Crippen molar-refractivity contribution in [3.05, 3.63) is 23.5 Å². The molecule has 3 nitrogen and oxygen atoms in total. The number of aryl methyl sites for hydroxylation is 1. The van der Waals surface area contributed by atoms with Gasteiger partial charge in [0.2, 0.25) is 0 Å².